The summed E-state index contributed by atoms with van der Waals surface area (Å²) in [5, 5.41) is 3.06. The van der Waals surface area contributed by atoms with Crippen LogP contribution in [0.2, 0.25) is 0 Å². The summed E-state index contributed by atoms with van der Waals surface area (Å²) in [5.41, 5.74) is 2.53. The molecule has 23 heavy (non-hydrogen) atoms. The lowest BCUT2D eigenvalue weighted by molar-refractivity contribution is -0.122. The van der Waals surface area contributed by atoms with E-state index in [-0.39, 0.29) is 11.8 Å². The number of carbonyl (C=O) groups excluding carboxylic acids is 1. The summed E-state index contributed by atoms with van der Waals surface area (Å²) in [4.78, 5) is 12.4. The molecule has 120 valence electrons. The van der Waals surface area contributed by atoms with E-state index < -0.39 is 0 Å². The molecule has 0 radical (unpaired) electrons. The molecule has 1 aliphatic carbocycles. The number of aryl methyl sites for hydroxylation is 1. The van der Waals surface area contributed by atoms with Crippen LogP contribution in [0, 0.1) is 0 Å². The number of hydrogen-bond donors (Lipinski definition) is 1. The third-order valence-corrected chi connectivity index (χ3v) is 4.32. The maximum absolute atomic E-state index is 12.4. The number of ether oxygens (including phenoxy) is 1. The topological polar surface area (TPSA) is 38.3 Å². The zero-order chi connectivity index (χ0) is 15.9. The molecule has 2 aromatic carbocycles. The zero-order valence-corrected chi connectivity index (χ0v) is 13.3. The SMILES string of the molecule is O=C(NCCCOc1ccccc1)[C@@H]1CCCc2ccccc21. The standard InChI is InChI=1S/C20H23NO2/c22-20(19-13-6-9-16-8-4-5-12-18(16)19)21-14-7-15-23-17-10-2-1-3-11-17/h1-5,8,10-12,19H,6-7,9,13-15H2,(H,21,22)/t19-/m1/s1. The first kappa shape index (κ1) is 15.6. The van der Waals surface area contributed by atoms with E-state index in [4.69, 9.17) is 4.74 Å². The second kappa shape index (κ2) is 7.82. The molecule has 0 unspecified atom stereocenters. The Kier molecular flexibility index (Phi) is 5.30. The summed E-state index contributed by atoms with van der Waals surface area (Å²) in [6.07, 6.45) is 3.94. The third kappa shape index (κ3) is 4.13. The molecule has 2 aromatic rings. The zero-order valence-electron chi connectivity index (χ0n) is 13.3. The number of amides is 1. The predicted octanol–water partition coefficient (Wildman–Crippen LogP) is 3.69. The van der Waals surface area contributed by atoms with Crippen molar-refractivity contribution in [3.63, 3.8) is 0 Å². The maximum atomic E-state index is 12.4. The summed E-state index contributed by atoms with van der Waals surface area (Å²) in [6, 6.07) is 18.1. The van der Waals surface area contributed by atoms with E-state index in [1.807, 2.05) is 36.4 Å². The number of nitrogens with one attached hydrogen (secondary N) is 1. The molecule has 3 nitrogen and oxygen atoms in total. The first-order valence-corrected chi connectivity index (χ1v) is 8.38. The van der Waals surface area contributed by atoms with Gasteiger partial charge in [0.25, 0.3) is 0 Å². The van der Waals surface area contributed by atoms with E-state index in [0.29, 0.717) is 13.2 Å². The normalized spacial score (nSPS) is 16.4. The minimum absolute atomic E-state index is 0.00925. The van der Waals surface area contributed by atoms with Crippen molar-refractivity contribution in [1.29, 1.82) is 0 Å². The van der Waals surface area contributed by atoms with Crippen molar-refractivity contribution >= 4 is 5.91 Å². The van der Waals surface area contributed by atoms with Gasteiger partial charge < -0.3 is 10.1 Å². The van der Waals surface area contributed by atoms with Gasteiger partial charge in [-0.25, -0.2) is 0 Å². The molecule has 0 aromatic heterocycles. The summed E-state index contributed by atoms with van der Waals surface area (Å²) in [5.74, 6) is 1.03. The molecule has 1 amide bonds. The lowest BCUT2D eigenvalue weighted by Crippen LogP contribution is -2.32. The molecular formula is C20H23NO2. The fraction of sp³-hybridized carbons (Fsp3) is 0.350. The second-order valence-electron chi connectivity index (χ2n) is 5.95. The highest BCUT2D eigenvalue weighted by molar-refractivity contribution is 5.84. The first-order chi connectivity index (χ1) is 11.3. The fourth-order valence-corrected chi connectivity index (χ4v) is 3.14. The molecule has 3 heteroatoms. The molecule has 0 saturated heterocycles. The van der Waals surface area contributed by atoms with Crippen LogP contribution in [0.1, 0.15) is 36.3 Å². The molecule has 0 bridgehead atoms. The molecule has 1 N–H and O–H groups in total. The van der Waals surface area contributed by atoms with Crippen LogP contribution in [0.3, 0.4) is 0 Å². The average molecular weight is 309 g/mol. The quantitative estimate of drug-likeness (QED) is 0.826. The molecular weight excluding hydrogens is 286 g/mol. The first-order valence-electron chi connectivity index (χ1n) is 8.38. The molecule has 0 spiro atoms. The summed E-state index contributed by atoms with van der Waals surface area (Å²) >= 11 is 0. The van der Waals surface area contributed by atoms with Crippen LogP contribution in [0.25, 0.3) is 0 Å². The van der Waals surface area contributed by atoms with Gasteiger partial charge in [-0.3, -0.25) is 4.79 Å². The van der Waals surface area contributed by atoms with Crippen LogP contribution in [0.15, 0.2) is 54.6 Å². The number of hydrogen-bond acceptors (Lipinski definition) is 2. The van der Waals surface area contributed by atoms with Gasteiger partial charge in [-0.2, -0.15) is 0 Å². The largest absolute Gasteiger partial charge is 0.494 e. The fourth-order valence-electron chi connectivity index (χ4n) is 3.14. The van der Waals surface area contributed by atoms with Crippen LogP contribution in [-0.4, -0.2) is 19.1 Å². The minimum atomic E-state index is 0.00925. The molecule has 0 heterocycles. The highest BCUT2D eigenvalue weighted by Crippen LogP contribution is 2.31. The Morgan fingerprint density at radius 1 is 1.09 bits per heavy atom. The molecule has 0 aliphatic heterocycles. The molecule has 1 atom stereocenters. The number of rotatable bonds is 6. The van der Waals surface area contributed by atoms with Crippen LogP contribution < -0.4 is 10.1 Å². The third-order valence-electron chi connectivity index (χ3n) is 4.32. The summed E-state index contributed by atoms with van der Waals surface area (Å²) < 4.78 is 5.64. The van der Waals surface area contributed by atoms with Gasteiger partial charge in [0, 0.05) is 6.54 Å². The van der Waals surface area contributed by atoms with Gasteiger partial charge in [0.1, 0.15) is 5.75 Å². The van der Waals surface area contributed by atoms with Gasteiger partial charge in [-0.05, 0) is 48.9 Å². The maximum Gasteiger partial charge on any atom is 0.227 e. The lowest BCUT2D eigenvalue weighted by Gasteiger charge is -2.24. The molecule has 3 rings (SSSR count). The smallest absolute Gasteiger partial charge is 0.227 e. The Hall–Kier alpha value is -2.29. The van der Waals surface area contributed by atoms with E-state index in [0.717, 1.165) is 31.4 Å². The van der Waals surface area contributed by atoms with Gasteiger partial charge in [0.2, 0.25) is 5.91 Å². The highest BCUT2D eigenvalue weighted by atomic mass is 16.5. The van der Waals surface area contributed by atoms with Crippen molar-refractivity contribution < 1.29 is 9.53 Å². The van der Waals surface area contributed by atoms with Gasteiger partial charge >= 0.3 is 0 Å². The monoisotopic (exact) mass is 309 g/mol. The van der Waals surface area contributed by atoms with Crippen molar-refractivity contribution in [2.45, 2.75) is 31.6 Å². The molecule has 0 saturated carbocycles. The number of carbonyl (C=O) groups is 1. The minimum Gasteiger partial charge on any atom is -0.494 e. The highest BCUT2D eigenvalue weighted by Gasteiger charge is 2.25. The van der Waals surface area contributed by atoms with E-state index in [2.05, 4.69) is 23.5 Å². The Balaban J connectivity index is 1.43. The van der Waals surface area contributed by atoms with Gasteiger partial charge in [0.15, 0.2) is 0 Å². The predicted molar refractivity (Wildman–Crippen MR) is 91.7 cm³/mol. The van der Waals surface area contributed by atoms with Crippen LogP contribution in [0.5, 0.6) is 5.75 Å². The van der Waals surface area contributed by atoms with Gasteiger partial charge in [0.05, 0.1) is 12.5 Å². The summed E-state index contributed by atoms with van der Waals surface area (Å²) in [7, 11) is 0. The Bertz CT molecular complexity index is 639. The van der Waals surface area contributed by atoms with Crippen LogP contribution in [0.4, 0.5) is 0 Å². The van der Waals surface area contributed by atoms with E-state index in [9.17, 15) is 4.79 Å². The van der Waals surface area contributed by atoms with Crippen molar-refractivity contribution in [2.75, 3.05) is 13.2 Å². The van der Waals surface area contributed by atoms with E-state index in [1.165, 1.54) is 11.1 Å². The number of para-hydroxylation sites is 1. The van der Waals surface area contributed by atoms with Crippen molar-refractivity contribution in [3.8, 4) is 5.75 Å². The van der Waals surface area contributed by atoms with Crippen molar-refractivity contribution in [1.82, 2.24) is 5.32 Å². The lowest BCUT2D eigenvalue weighted by atomic mass is 9.82. The van der Waals surface area contributed by atoms with E-state index >= 15 is 0 Å². The summed E-state index contributed by atoms with van der Waals surface area (Å²) in [6.45, 7) is 1.27. The van der Waals surface area contributed by atoms with Crippen molar-refractivity contribution in [3.05, 3.63) is 65.7 Å². The Morgan fingerprint density at radius 2 is 1.87 bits per heavy atom. The molecule has 0 fully saturated rings. The Labute approximate surface area is 137 Å². The Morgan fingerprint density at radius 3 is 2.74 bits per heavy atom. The van der Waals surface area contributed by atoms with E-state index in [1.54, 1.807) is 0 Å². The van der Waals surface area contributed by atoms with Crippen molar-refractivity contribution in [2.24, 2.45) is 0 Å². The number of fused-ring (bicyclic) bond motifs is 1. The van der Waals surface area contributed by atoms with Crippen LogP contribution in [-0.2, 0) is 11.2 Å². The van der Waals surface area contributed by atoms with Gasteiger partial charge in [-0.1, -0.05) is 42.5 Å². The van der Waals surface area contributed by atoms with Gasteiger partial charge in [-0.15, -0.1) is 0 Å². The average Bonchev–Trinajstić information content (AvgIpc) is 2.61. The molecule has 1 aliphatic rings. The van der Waals surface area contributed by atoms with Crippen LogP contribution >= 0.6 is 0 Å². The number of benzene rings is 2. The second-order valence-corrected chi connectivity index (χ2v) is 5.95.